The number of nitrogens with one attached hydrogen (secondary N) is 1. The van der Waals surface area contributed by atoms with Gasteiger partial charge in [-0.15, -0.1) is 11.8 Å². The molecule has 2 unspecified atom stereocenters. The lowest BCUT2D eigenvalue weighted by Crippen LogP contribution is -2.56. The van der Waals surface area contributed by atoms with Crippen molar-refractivity contribution in [2.24, 2.45) is 0 Å². The molecule has 5 nitrogen and oxygen atoms in total. The molecule has 0 aromatic heterocycles. The number of hydrogen-bond acceptors (Lipinski definition) is 6. The van der Waals surface area contributed by atoms with E-state index in [0.29, 0.717) is 0 Å². The summed E-state index contributed by atoms with van der Waals surface area (Å²) >= 11 is 0.995. The molecule has 68 valence electrons. The third-order valence-corrected chi connectivity index (χ3v) is 3.02. The molecule has 0 aromatic rings. The Morgan fingerprint density at radius 1 is 1.58 bits per heavy atom. The highest BCUT2D eigenvalue weighted by Crippen LogP contribution is 2.28. The van der Waals surface area contributed by atoms with Gasteiger partial charge in [-0.25, -0.2) is 0 Å². The van der Waals surface area contributed by atoms with Gasteiger partial charge >= 0.3 is 0 Å². The Labute approximate surface area is 73.1 Å². The van der Waals surface area contributed by atoms with Crippen molar-refractivity contribution in [1.29, 1.82) is 0 Å². The van der Waals surface area contributed by atoms with Gasteiger partial charge < -0.3 is 19.8 Å². The molecule has 1 saturated heterocycles. The summed E-state index contributed by atoms with van der Waals surface area (Å²) in [4.78, 5) is 19.5. The summed E-state index contributed by atoms with van der Waals surface area (Å²) < 4.78 is 0. The summed E-state index contributed by atoms with van der Waals surface area (Å²) in [5, 5.41) is 23.2. The van der Waals surface area contributed by atoms with Gasteiger partial charge in [0.2, 0.25) is 0 Å². The van der Waals surface area contributed by atoms with Crippen LogP contribution in [0.3, 0.4) is 0 Å². The number of aliphatic carboxylic acids is 2. The van der Waals surface area contributed by atoms with Crippen molar-refractivity contribution in [2.45, 2.75) is 17.8 Å². The zero-order valence-corrected chi connectivity index (χ0v) is 7.14. The molecule has 0 amide bonds. The van der Waals surface area contributed by atoms with Crippen LogP contribution in [0.15, 0.2) is 0 Å². The minimum atomic E-state index is -1.31. The van der Waals surface area contributed by atoms with Gasteiger partial charge in [0.15, 0.2) is 0 Å². The van der Waals surface area contributed by atoms with Crippen LogP contribution >= 0.6 is 11.8 Å². The Hall–Kier alpha value is -0.750. The second-order valence-electron chi connectivity index (χ2n) is 2.65. The van der Waals surface area contributed by atoms with Crippen molar-refractivity contribution in [2.75, 3.05) is 5.75 Å². The third-order valence-electron chi connectivity index (χ3n) is 1.66. The van der Waals surface area contributed by atoms with Crippen LogP contribution in [0.4, 0.5) is 0 Å². The maximum absolute atomic E-state index is 10.5. The summed E-state index contributed by atoms with van der Waals surface area (Å²) in [6.07, 6.45) is 0. The van der Waals surface area contributed by atoms with Gasteiger partial charge in [0, 0.05) is 5.75 Å². The van der Waals surface area contributed by atoms with E-state index < -0.39 is 22.9 Å². The standard InChI is InChI=1S/C6H9NO4S/c1-6(5(10)11)7-3(2-12-6)4(8)9/h3,7H,2H2,1H3,(H,8,9)(H,10,11)/p-2. The van der Waals surface area contributed by atoms with Crippen molar-refractivity contribution in [3.05, 3.63) is 0 Å². The van der Waals surface area contributed by atoms with Crippen molar-refractivity contribution in [3.8, 4) is 0 Å². The van der Waals surface area contributed by atoms with E-state index in [9.17, 15) is 19.8 Å². The van der Waals surface area contributed by atoms with Crippen LogP contribution in [-0.2, 0) is 9.59 Å². The normalized spacial score (nSPS) is 34.9. The van der Waals surface area contributed by atoms with Gasteiger partial charge in [-0.2, -0.15) is 0 Å². The van der Waals surface area contributed by atoms with Crippen molar-refractivity contribution < 1.29 is 19.8 Å². The average Bonchev–Trinajstić information content (AvgIpc) is 2.33. The van der Waals surface area contributed by atoms with Crippen molar-refractivity contribution >= 4 is 23.7 Å². The minimum absolute atomic E-state index is 0.187. The van der Waals surface area contributed by atoms with Crippen LogP contribution in [0.2, 0.25) is 0 Å². The fourth-order valence-corrected chi connectivity index (χ4v) is 1.97. The zero-order chi connectivity index (χ0) is 9.35. The third kappa shape index (κ3) is 1.54. The monoisotopic (exact) mass is 189 g/mol. The maximum atomic E-state index is 10.5. The molecular weight excluding hydrogens is 182 g/mol. The molecule has 0 spiro atoms. The van der Waals surface area contributed by atoms with Crippen LogP contribution in [0.5, 0.6) is 0 Å². The molecule has 0 bridgehead atoms. The maximum Gasteiger partial charge on any atom is 0.102 e. The molecule has 1 fully saturated rings. The highest BCUT2D eigenvalue weighted by molar-refractivity contribution is 8.01. The van der Waals surface area contributed by atoms with E-state index in [1.165, 1.54) is 6.92 Å². The number of hydrogen-bond donors (Lipinski definition) is 1. The molecule has 1 aliphatic heterocycles. The quantitative estimate of drug-likeness (QED) is 0.495. The lowest BCUT2D eigenvalue weighted by molar-refractivity contribution is -0.311. The number of carbonyl (C=O) groups excluding carboxylic acids is 2. The van der Waals surface area contributed by atoms with E-state index >= 15 is 0 Å². The molecule has 6 heteroatoms. The largest absolute Gasteiger partial charge is 0.548 e. The summed E-state index contributed by atoms with van der Waals surface area (Å²) in [5.74, 6) is -2.41. The second-order valence-corrected chi connectivity index (χ2v) is 4.09. The van der Waals surface area contributed by atoms with Gasteiger partial charge in [0.05, 0.1) is 18.0 Å². The average molecular weight is 189 g/mol. The summed E-state index contributed by atoms with van der Waals surface area (Å²) in [7, 11) is 0. The lowest BCUT2D eigenvalue weighted by atomic mass is 10.2. The second kappa shape index (κ2) is 2.95. The predicted octanol–water partition coefficient (Wildman–Crippen LogP) is -3.09. The Morgan fingerprint density at radius 2 is 2.17 bits per heavy atom. The predicted molar refractivity (Wildman–Crippen MR) is 37.8 cm³/mol. The van der Waals surface area contributed by atoms with E-state index in [4.69, 9.17) is 0 Å². The first-order valence-electron chi connectivity index (χ1n) is 3.29. The Morgan fingerprint density at radius 3 is 2.42 bits per heavy atom. The fraction of sp³-hybridized carbons (Fsp3) is 0.667. The molecule has 1 N–H and O–H groups in total. The van der Waals surface area contributed by atoms with Crippen LogP contribution in [0, 0.1) is 0 Å². The molecule has 0 aromatic carbocycles. The van der Waals surface area contributed by atoms with Crippen LogP contribution in [0.25, 0.3) is 0 Å². The number of carbonyl (C=O) groups is 2. The number of carboxylic acids is 2. The molecular formula is C6H7NO4S-2. The van der Waals surface area contributed by atoms with Crippen molar-refractivity contribution in [1.82, 2.24) is 5.32 Å². The molecule has 1 heterocycles. The van der Waals surface area contributed by atoms with Crippen LogP contribution in [-0.4, -0.2) is 28.6 Å². The summed E-state index contributed by atoms with van der Waals surface area (Å²) in [6, 6.07) is -0.905. The van der Waals surface area contributed by atoms with E-state index in [1.54, 1.807) is 0 Å². The number of rotatable bonds is 2. The van der Waals surface area contributed by atoms with Gasteiger partial charge in [0.1, 0.15) is 4.87 Å². The molecule has 2 atom stereocenters. The Bertz CT molecular complexity index is 232. The molecule has 0 saturated carbocycles. The van der Waals surface area contributed by atoms with Gasteiger partial charge in [-0.05, 0) is 6.92 Å². The SMILES string of the molecule is CC1(C(=O)[O-])NC(C(=O)[O-])CS1. The first-order chi connectivity index (χ1) is 5.46. The molecule has 0 aliphatic carbocycles. The van der Waals surface area contributed by atoms with Crippen molar-refractivity contribution in [3.63, 3.8) is 0 Å². The Kier molecular flexibility index (Phi) is 2.29. The first-order valence-corrected chi connectivity index (χ1v) is 4.28. The molecule has 1 aliphatic rings. The highest BCUT2D eigenvalue weighted by Gasteiger charge is 2.36. The smallest absolute Gasteiger partial charge is 0.102 e. The zero-order valence-electron chi connectivity index (χ0n) is 6.33. The van der Waals surface area contributed by atoms with Gasteiger partial charge in [-0.3, -0.25) is 5.32 Å². The summed E-state index contributed by atoms with van der Waals surface area (Å²) in [5.41, 5.74) is 0. The van der Waals surface area contributed by atoms with E-state index in [2.05, 4.69) is 5.32 Å². The fourth-order valence-electron chi connectivity index (χ4n) is 0.911. The number of carboxylic acid groups (broad SMARTS) is 2. The molecule has 1 rings (SSSR count). The minimum Gasteiger partial charge on any atom is -0.548 e. The number of thioether (sulfide) groups is 1. The van der Waals surface area contributed by atoms with Gasteiger partial charge in [0.25, 0.3) is 0 Å². The highest BCUT2D eigenvalue weighted by atomic mass is 32.2. The van der Waals surface area contributed by atoms with E-state index in [0.717, 1.165) is 11.8 Å². The Balaban J connectivity index is 2.67. The molecule has 12 heavy (non-hydrogen) atoms. The van der Waals surface area contributed by atoms with Crippen LogP contribution < -0.4 is 15.5 Å². The topological polar surface area (TPSA) is 92.3 Å². The first kappa shape index (κ1) is 9.34. The van der Waals surface area contributed by atoms with Crippen LogP contribution in [0.1, 0.15) is 6.92 Å². The summed E-state index contributed by atoms with van der Waals surface area (Å²) in [6.45, 7) is 1.37. The van der Waals surface area contributed by atoms with E-state index in [-0.39, 0.29) is 5.75 Å². The molecule has 0 radical (unpaired) electrons. The van der Waals surface area contributed by atoms with E-state index in [1.807, 2.05) is 0 Å². The lowest BCUT2D eigenvalue weighted by Gasteiger charge is -2.25. The van der Waals surface area contributed by atoms with Gasteiger partial charge in [-0.1, -0.05) is 0 Å².